The largest absolute Gasteiger partial charge is 0.508 e. The van der Waals surface area contributed by atoms with E-state index in [9.17, 15) is 9.90 Å². The van der Waals surface area contributed by atoms with Crippen LogP contribution in [0.3, 0.4) is 0 Å². The molecule has 0 aliphatic heterocycles. The third kappa shape index (κ3) is 3.37. The fourth-order valence-electron chi connectivity index (χ4n) is 2.06. The number of amides is 1. The summed E-state index contributed by atoms with van der Waals surface area (Å²) in [4.78, 5) is 12.4. The minimum Gasteiger partial charge on any atom is -0.508 e. The van der Waals surface area contributed by atoms with Gasteiger partial charge in [0.2, 0.25) is 0 Å². The van der Waals surface area contributed by atoms with Gasteiger partial charge in [-0.25, -0.2) is 0 Å². The molecule has 2 aromatic carbocycles. The second-order valence-electron chi connectivity index (χ2n) is 5.29. The monoisotopic (exact) mass is 303 g/mol. The number of rotatable bonds is 4. The molecule has 0 fully saturated rings. The molecule has 0 saturated heterocycles. The maximum Gasteiger partial charge on any atom is 0.252 e. The van der Waals surface area contributed by atoms with E-state index in [4.69, 9.17) is 11.6 Å². The number of aromatic hydroxyl groups is 1. The predicted octanol–water partition coefficient (Wildman–Crippen LogP) is 3.58. The molecule has 0 aliphatic rings. The summed E-state index contributed by atoms with van der Waals surface area (Å²) >= 11 is 6.07. The predicted molar refractivity (Wildman–Crippen MR) is 84.8 cm³/mol. The number of benzene rings is 2. The van der Waals surface area contributed by atoms with E-state index < -0.39 is 5.54 Å². The van der Waals surface area contributed by atoms with Crippen molar-refractivity contribution < 1.29 is 9.90 Å². The average molecular weight is 304 g/mol. The van der Waals surface area contributed by atoms with E-state index in [-0.39, 0.29) is 17.5 Å². The van der Waals surface area contributed by atoms with Crippen LogP contribution >= 0.6 is 11.6 Å². The standard InChI is InChI=1S/C17H18ClNO2/c1-12-8-9-13(10-15(12)20)16(21)19-17(2,11-18)14-6-4-3-5-7-14/h3-10,20H,11H2,1-2H3,(H,19,21). The minimum absolute atomic E-state index is 0.106. The third-order valence-electron chi connectivity index (χ3n) is 3.54. The van der Waals surface area contributed by atoms with E-state index in [1.807, 2.05) is 37.3 Å². The molecular weight excluding hydrogens is 286 g/mol. The maximum absolute atomic E-state index is 12.4. The lowest BCUT2D eigenvalue weighted by Crippen LogP contribution is -2.45. The van der Waals surface area contributed by atoms with Crippen LogP contribution in [0.5, 0.6) is 5.75 Å². The molecule has 0 aliphatic carbocycles. The molecule has 1 amide bonds. The number of carbonyl (C=O) groups is 1. The van der Waals surface area contributed by atoms with Gasteiger partial charge in [-0.3, -0.25) is 4.79 Å². The van der Waals surface area contributed by atoms with Gasteiger partial charge in [0.25, 0.3) is 5.91 Å². The Morgan fingerprint density at radius 2 is 1.90 bits per heavy atom. The highest BCUT2D eigenvalue weighted by Crippen LogP contribution is 2.24. The molecule has 0 spiro atoms. The zero-order valence-corrected chi connectivity index (χ0v) is 12.8. The first-order valence-electron chi connectivity index (χ1n) is 6.70. The lowest BCUT2D eigenvalue weighted by Gasteiger charge is -2.29. The summed E-state index contributed by atoms with van der Waals surface area (Å²) in [7, 11) is 0. The SMILES string of the molecule is Cc1ccc(C(=O)NC(C)(CCl)c2ccccc2)cc1O. The number of alkyl halides is 1. The van der Waals surface area contributed by atoms with Gasteiger partial charge in [0, 0.05) is 11.4 Å². The topological polar surface area (TPSA) is 49.3 Å². The van der Waals surface area contributed by atoms with Gasteiger partial charge in [0.15, 0.2) is 0 Å². The number of phenolic OH excluding ortho intramolecular Hbond substituents is 1. The van der Waals surface area contributed by atoms with Gasteiger partial charge >= 0.3 is 0 Å². The molecule has 0 aromatic heterocycles. The first kappa shape index (κ1) is 15.4. The maximum atomic E-state index is 12.4. The average Bonchev–Trinajstić information content (AvgIpc) is 2.50. The van der Waals surface area contributed by atoms with E-state index in [0.29, 0.717) is 5.56 Å². The number of hydrogen-bond acceptors (Lipinski definition) is 2. The Hall–Kier alpha value is -2.00. The molecule has 3 nitrogen and oxygen atoms in total. The van der Waals surface area contributed by atoms with E-state index in [2.05, 4.69) is 5.32 Å². The number of carbonyl (C=O) groups excluding carboxylic acids is 1. The van der Waals surface area contributed by atoms with Crippen molar-refractivity contribution in [1.82, 2.24) is 5.32 Å². The van der Waals surface area contributed by atoms with Gasteiger partial charge in [-0.05, 0) is 37.1 Å². The smallest absolute Gasteiger partial charge is 0.252 e. The van der Waals surface area contributed by atoms with Crippen molar-refractivity contribution in [3.8, 4) is 5.75 Å². The molecule has 2 aromatic rings. The number of hydrogen-bond donors (Lipinski definition) is 2. The van der Waals surface area contributed by atoms with Crippen LogP contribution in [0.2, 0.25) is 0 Å². The zero-order valence-electron chi connectivity index (χ0n) is 12.1. The molecule has 4 heteroatoms. The molecule has 110 valence electrons. The molecule has 0 heterocycles. The van der Waals surface area contributed by atoms with Crippen molar-refractivity contribution in [2.24, 2.45) is 0 Å². The lowest BCUT2D eigenvalue weighted by molar-refractivity contribution is 0.0913. The molecule has 2 rings (SSSR count). The molecule has 0 saturated carbocycles. The Bertz CT molecular complexity index is 642. The number of nitrogens with one attached hydrogen (secondary N) is 1. The number of aryl methyl sites for hydroxylation is 1. The highest BCUT2D eigenvalue weighted by Gasteiger charge is 2.28. The van der Waals surface area contributed by atoms with E-state index >= 15 is 0 Å². The molecular formula is C17H18ClNO2. The summed E-state index contributed by atoms with van der Waals surface area (Å²) in [6.07, 6.45) is 0. The van der Waals surface area contributed by atoms with Crippen molar-refractivity contribution in [3.63, 3.8) is 0 Å². The fraction of sp³-hybridized carbons (Fsp3) is 0.235. The van der Waals surface area contributed by atoms with Crippen molar-refractivity contribution in [2.45, 2.75) is 19.4 Å². The highest BCUT2D eigenvalue weighted by molar-refractivity contribution is 6.19. The van der Waals surface area contributed by atoms with Gasteiger partial charge in [0.1, 0.15) is 5.75 Å². The molecule has 0 bridgehead atoms. The lowest BCUT2D eigenvalue weighted by atomic mass is 9.93. The third-order valence-corrected chi connectivity index (χ3v) is 4.07. The zero-order chi connectivity index (χ0) is 15.5. The van der Waals surface area contributed by atoms with Crippen molar-refractivity contribution in [1.29, 1.82) is 0 Å². The Labute approximate surface area is 129 Å². The summed E-state index contributed by atoms with van der Waals surface area (Å²) in [5, 5.41) is 12.7. The van der Waals surface area contributed by atoms with Crippen LogP contribution in [0.25, 0.3) is 0 Å². The van der Waals surface area contributed by atoms with Crippen molar-refractivity contribution in [3.05, 3.63) is 65.2 Å². The van der Waals surface area contributed by atoms with Crippen LogP contribution in [0.15, 0.2) is 48.5 Å². The van der Waals surface area contributed by atoms with Gasteiger partial charge in [-0.2, -0.15) is 0 Å². The molecule has 21 heavy (non-hydrogen) atoms. The van der Waals surface area contributed by atoms with Crippen molar-refractivity contribution in [2.75, 3.05) is 5.88 Å². The molecule has 0 radical (unpaired) electrons. The summed E-state index contributed by atoms with van der Waals surface area (Å²) in [6.45, 7) is 3.66. The summed E-state index contributed by atoms with van der Waals surface area (Å²) in [6, 6.07) is 14.4. The van der Waals surface area contributed by atoms with Crippen LogP contribution < -0.4 is 5.32 Å². The number of phenols is 1. The fourth-order valence-corrected chi connectivity index (χ4v) is 2.28. The van der Waals surface area contributed by atoms with Crippen LogP contribution in [-0.4, -0.2) is 16.9 Å². The minimum atomic E-state index is -0.666. The molecule has 1 unspecified atom stereocenters. The summed E-state index contributed by atoms with van der Waals surface area (Å²) < 4.78 is 0. The second-order valence-corrected chi connectivity index (χ2v) is 5.55. The van der Waals surface area contributed by atoms with Gasteiger partial charge in [-0.1, -0.05) is 36.4 Å². The summed E-state index contributed by atoms with van der Waals surface area (Å²) in [5.74, 6) is 0.0906. The Kier molecular flexibility index (Phi) is 4.53. The van der Waals surface area contributed by atoms with Crippen LogP contribution in [0.4, 0.5) is 0 Å². The normalized spacial score (nSPS) is 13.5. The Balaban J connectivity index is 2.26. The highest BCUT2D eigenvalue weighted by atomic mass is 35.5. The molecule has 2 N–H and O–H groups in total. The van der Waals surface area contributed by atoms with Crippen LogP contribution in [0.1, 0.15) is 28.4 Å². The first-order chi connectivity index (χ1) is 9.96. The number of halogens is 1. The Morgan fingerprint density at radius 3 is 2.48 bits per heavy atom. The Morgan fingerprint density at radius 1 is 1.24 bits per heavy atom. The van der Waals surface area contributed by atoms with Crippen molar-refractivity contribution >= 4 is 17.5 Å². The van der Waals surface area contributed by atoms with Gasteiger partial charge in [-0.15, -0.1) is 11.6 Å². The van der Waals surface area contributed by atoms with E-state index in [1.54, 1.807) is 19.1 Å². The van der Waals surface area contributed by atoms with Gasteiger partial charge < -0.3 is 10.4 Å². The summed E-state index contributed by atoms with van der Waals surface area (Å²) in [5.41, 5.74) is 1.41. The first-order valence-corrected chi connectivity index (χ1v) is 7.23. The molecule has 1 atom stereocenters. The van der Waals surface area contributed by atoms with E-state index in [1.165, 1.54) is 6.07 Å². The van der Waals surface area contributed by atoms with E-state index in [0.717, 1.165) is 11.1 Å². The second kappa shape index (κ2) is 6.19. The van der Waals surface area contributed by atoms with Crippen LogP contribution in [0, 0.1) is 6.92 Å². The quantitative estimate of drug-likeness (QED) is 0.848. The van der Waals surface area contributed by atoms with Gasteiger partial charge in [0.05, 0.1) is 5.54 Å². The van der Waals surface area contributed by atoms with Crippen LogP contribution in [-0.2, 0) is 5.54 Å².